The number of hydrogen-bond donors (Lipinski definition) is 2. The van der Waals surface area contributed by atoms with Gasteiger partial charge in [0.15, 0.2) is 5.82 Å². The summed E-state index contributed by atoms with van der Waals surface area (Å²) in [5.74, 6) is -0.874. The van der Waals surface area contributed by atoms with Gasteiger partial charge in [-0.3, -0.25) is 4.72 Å². The van der Waals surface area contributed by atoms with E-state index in [0.717, 1.165) is 17.2 Å². The van der Waals surface area contributed by atoms with E-state index in [-0.39, 0.29) is 10.2 Å². The number of benzene rings is 2. The number of rotatable bonds is 3. The van der Waals surface area contributed by atoms with Crippen LogP contribution in [0.25, 0.3) is 0 Å². The van der Waals surface area contributed by atoms with E-state index >= 15 is 0 Å². The first-order valence-corrected chi connectivity index (χ1v) is 8.32. The molecule has 0 radical (unpaired) electrons. The quantitative estimate of drug-likeness (QED) is 0.808. The van der Waals surface area contributed by atoms with Crippen LogP contribution in [0.3, 0.4) is 0 Å². The van der Waals surface area contributed by atoms with E-state index in [1.165, 1.54) is 6.07 Å². The van der Waals surface area contributed by atoms with Crippen molar-refractivity contribution in [3.05, 3.63) is 51.7 Å². The molecule has 3 N–H and O–H groups in total. The Labute approximate surface area is 131 Å². The van der Waals surface area contributed by atoms with Crippen LogP contribution in [0.15, 0.2) is 39.7 Å². The van der Waals surface area contributed by atoms with E-state index < -0.39 is 20.7 Å². The van der Waals surface area contributed by atoms with Crippen molar-refractivity contribution in [2.24, 2.45) is 0 Å². The first-order valence-electron chi connectivity index (χ1n) is 6.04. The van der Waals surface area contributed by atoms with Crippen LogP contribution in [0, 0.1) is 19.7 Å². The van der Waals surface area contributed by atoms with Gasteiger partial charge in [-0.25, -0.2) is 12.8 Å². The van der Waals surface area contributed by atoms with Crippen molar-refractivity contribution in [3.8, 4) is 0 Å². The van der Waals surface area contributed by atoms with Crippen molar-refractivity contribution in [2.45, 2.75) is 18.7 Å². The smallest absolute Gasteiger partial charge is 0.264 e. The molecule has 0 bridgehead atoms. The zero-order valence-corrected chi connectivity index (χ0v) is 13.8. The van der Waals surface area contributed by atoms with E-state index in [1.807, 2.05) is 19.9 Å². The summed E-state index contributed by atoms with van der Waals surface area (Å²) in [6.07, 6.45) is 0. The molecule has 0 spiro atoms. The van der Waals surface area contributed by atoms with Crippen LogP contribution in [0.5, 0.6) is 0 Å². The van der Waals surface area contributed by atoms with Gasteiger partial charge in [-0.05, 0) is 65.2 Å². The molecule has 112 valence electrons. The Morgan fingerprint density at radius 3 is 2.24 bits per heavy atom. The fraction of sp³-hybridized carbons (Fsp3) is 0.143. The van der Waals surface area contributed by atoms with Gasteiger partial charge in [0.25, 0.3) is 10.0 Å². The van der Waals surface area contributed by atoms with Gasteiger partial charge in [0.05, 0.1) is 4.47 Å². The SMILES string of the molecule is Cc1cc(C)cc(NS(=O)(=O)c2cc(N)cc(Br)c2F)c1. The largest absolute Gasteiger partial charge is 0.399 e. The van der Waals surface area contributed by atoms with Crippen LogP contribution < -0.4 is 10.5 Å². The predicted molar refractivity (Wildman–Crippen MR) is 85.2 cm³/mol. The molecule has 0 saturated carbocycles. The van der Waals surface area contributed by atoms with Gasteiger partial charge in [0, 0.05) is 11.4 Å². The molecular formula is C14H14BrFN2O2S. The summed E-state index contributed by atoms with van der Waals surface area (Å²) >= 11 is 2.95. The fourth-order valence-electron chi connectivity index (χ4n) is 2.02. The highest BCUT2D eigenvalue weighted by Gasteiger charge is 2.22. The normalized spacial score (nSPS) is 11.4. The zero-order chi connectivity index (χ0) is 15.8. The highest BCUT2D eigenvalue weighted by atomic mass is 79.9. The minimum atomic E-state index is -4.06. The summed E-state index contributed by atoms with van der Waals surface area (Å²) < 4.78 is 41.0. The van der Waals surface area contributed by atoms with E-state index in [2.05, 4.69) is 20.7 Å². The molecule has 0 aliphatic heterocycles. The van der Waals surface area contributed by atoms with Crippen LogP contribution in [0.4, 0.5) is 15.8 Å². The van der Waals surface area contributed by atoms with Gasteiger partial charge in [-0.15, -0.1) is 0 Å². The number of anilines is 2. The Morgan fingerprint density at radius 2 is 1.67 bits per heavy atom. The maximum absolute atomic E-state index is 14.0. The van der Waals surface area contributed by atoms with Gasteiger partial charge in [0.2, 0.25) is 0 Å². The third-order valence-electron chi connectivity index (χ3n) is 2.78. The molecule has 2 aromatic carbocycles. The van der Waals surface area contributed by atoms with E-state index in [4.69, 9.17) is 5.73 Å². The summed E-state index contributed by atoms with van der Waals surface area (Å²) in [7, 11) is -4.06. The molecule has 2 rings (SSSR count). The third kappa shape index (κ3) is 3.54. The molecule has 0 heterocycles. The fourth-order valence-corrected chi connectivity index (χ4v) is 3.81. The summed E-state index contributed by atoms with van der Waals surface area (Å²) in [5.41, 5.74) is 7.92. The van der Waals surface area contributed by atoms with Crippen LogP contribution >= 0.6 is 15.9 Å². The minimum Gasteiger partial charge on any atom is -0.399 e. The second-order valence-corrected chi connectivity index (χ2v) is 7.30. The van der Waals surface area contributed by atoms with E-state index in [9.17, 15) is 12.8 Å². The molecule has 0 aliphatic rings. The lowest BCUT2D eigenvalue weighted by Crippen LogP contribution is -2.15. The first-order chi connectivity index (χ1) is 9.69. The lowest BCUT2D eigenvalue weighted by atomic mass is 10.1. The van der Waals surface area contributed by atoms with Crippen molar-refractivity contribution in [1.29, 1.82) is 0 Å². The van der Waals surface area contributed by atoms with Crippen molar-refractivity contribution >= 4 is 37.3 Å². The summed E-state index contributed by atoms with van der Waals surface area (Å²) in [5, 5.41) is 0. The molecule has 0 atom stereocenters. The standard InChI is InChI=1S/C14H14BrFN2O2S/c1-8-3-9(2)5-11(4-8)18-21(19,20)13-7-10(17)6-12(15)14(13)16/h3-7,18H,17H2,1-2H3. The molecule has 0 aromatic heterocycles. The molecule has 0 saturated heterocycles. The molecule has 0 aliphatic carbocycles. The molecule has 4 nitrogen and oxygen atoms in total. The second-order valence-electron chi connectivity index (χ2n) is 4.80. The summed E-state index contributed by atoms with van der Waals surface area (Å²) in [6.45, 7) is 3.70. The Balaban J connectivity index is 2.48. The average Bonchev–Trinajstić information content (AvgIpc) is 2.31. The second kappa shape index (κ2) is 5.65. The lowest BCUT2D eigenvalue weighted by molar-refractivity contribution is 0.567. The minimum absolute atomic E-state index is 0.00305. The van der Waals surface area contributed by atoms with Crippen molar-refractivity contribution in [2.75, 3.05) is 10.5 Å². The first kappa shape index (κ1) is 15.8. The van der Waals surface area contributed by atoms with Crippen molar-refractivity contribution < 1.29 is 12.8 Å². The number of hydrogen-bond acceptors (Lipinski definition) is 3. The van der Waals surface area contributed by atoms with Crippen molar-refractivity contribution in [3.63, 3.8) is 0 Å². The zero-order valence-electron chi connectivity index (χ0n) is 11.4. The van der Waals surface area contributed by atoms with Gasteiger partial charge in [-0.1, -0.05) is 6.07 Å². The van der Waals surface area contributed by atoms with Gasteiger partial charge >= 0.3 is 0 Å². The Bertz CT molecular complexity index is 787. The molecule has 21 heavy (non-hydrogen) atoms. The Morgan fingerprint density at radius 1 is 1.10 bits per heavy atom. The number of aryl methyl sites for hydroxylation is 2. The van der Waals surface area contributed by atoms with Crippen LogP contribution in [-0.4, -0.2) is 8.42 Å². The number of nitrogen functional groups attached to an aromatic ring is 1. The predicted octanol–water partition coefficient (Wildman–Crippen LogP) is 3.59. The molecule has 0 amide bonds. The summed E-state index contributed by atoms with van der Waals surface area (Å²) in [4.78, 5) is -0.492. The maximum Gasteiger partial charge on any atom is 0.264 e. The van der Waals surface area contributed by atoms with Crippen molar-refractivity contribution in [1.82, 2.24) is 0 Å². The van der Waals surface area contributed by atoms with Crippen LogP contribution in [0.1, 0.15) is 11.1 Å². The maximum atomic E-state index is 14.0. The van der Waals surface area contributed by atoms with Crippen LogP contribution in [-0.2, 0) is 10.0 Å². The lowest BCUT2D eigenvalue weighted by Gasteiger charge is -2.11. The number of halogens is 2. The highest BCUT2D eigenvalue weighted by molar-refractivity contribution is 9.10. The van der Waals surface area contributed by atoms with Crippen LogP contribution in [0.2, 0.25) is 0 Å². The van der Waals surface area contributed by atoms with Gasteiger partial charge in [-0.2, -0.15) is 0 Å². The number of sulfonamides is 1. The molecule has 7 heteroatoms. The molecule has 0 fully saturated rings. The highest BCUT2D eigenvalue weighted by Crippen LogP contribution is 2.28. The Kier molecular flexibility index (Phi) is 4.25. The molecule has 2 aromatic rings. The molecule has 0 unspecified atom stereocenters. The Hall–Kier alpha value is -1.60. The van der Waals surface area contributed by atoms with E-state index in [0.29, 0.717) is 5.69 Å². The van der Waals surface area contributed by atoms with Gasteiger partial charge < -0.3 is 5.73 Å². The number of nitrogens with one attached hydrogen (secondary N) is 1. The number of nitrogens with two attached hydrogens (primary N) is 1. The molecular weight excluding hydrogens is 359 g/mol. The van der Waals surface area contributed by atoms with E-state index in [1.54, 1.807) is 12.1 Å². The monoisotopic (exact) mass is 372 g/mol. The average molecular weight is 373 g/mol. The van der Waals surface area contributed by atoms with Gasteiger partial charge in [0.1, 0.15) is 4.90 Å². The summed E-state index contributed by atoms with van der Waals surface area (Å²) in [6, 6.07) is 7.65. The third-order valence-corrected chi connectivity index (χ3v) is 4.74. The topological polar surface area (TPSA) is 72.2 Å².